The Kier molecular flexibility index (Phi) is 3.22. The monoisotopic (exact) mass is 172 g/mol. The van der Waals surface area contributed by atoms with Gasteiger partial charge in [0.25, 0.3) is 0 Å². The number of allylic oxidation sites excluding steroid dienone is 1. The average Bonchev–Trinajstić information content (AvgIpc) is 2.14. The minimum Gasteiger partial charge on any atom is -0.262 e. The zero-order valence-corrected chi connectivity index (χ0v) is 7.86. The van der Waals surface area contributed by atoms with Gasteiger partial charge in [-0.05, 0) is 31.5 Å². The molecule has 0 bridgehead atoms. The predicted molar refractivity (Wildman–Crippen MR) is 52.8 cm³/mol. The van der Waals surface area contributed by atoms with Gasteiger partial charge in [0, 0.05) is 11.9 Å². The van der Waals surface area contributed by atoms with Crippen LogP contribution in [0.1, 0.15) is 18.2 Å². The van der Waals surface area contributed by atoms with Gasteiger partial charge in [-0.2, -0.15) is 5.26 Å². The molecule has 0 aliphatic rings. The number of hydrogen-bond donors (Lipinski definition) is 0. The van der Waals surface area contributed by atoms with Gasteiger partial charge in [0.2, 0.25) is 0 Å². The zero-order valence-electron chi connectivity index (χ0n) is 7.86. The van der Waals surface area contributed by atoms with Crippen molar-refractivity contribution in [1.29, 1.82) is 5.26 Å². The molecule has 0 aliphatic heterocycles. The Morgan fingerprint density at radius 3 is 3.00 bits per heavy atom. The van der Waals surface area contributed by atoms with Crippen molar-refractivity contribution in [3.05, 3.63) is 35.7 Å². The van der Waals surface area contributed by atoms with E-state index in [1.807, 2.05) is 38.1 Å². The fourth-order valence-corrected chi connectivity index (χ4v) is 0.970. The van der Waals surface area contributed by atoms with Crippen molar-refractivity contribution in [2.75, 3.05) is 0 Å². The van der Waals surface area contributed by atoms with Crippen LogP contribution < -0.4 is 0 Å². The molecule has 0 aliphatic carbocycles. The summed E-state index contributed by atoms with van der Waals surface area (Å²) in [6, 6.07) is 6.06. The number of aryl methyl sites for hydroxylation is 1. The molecule has 0 amide bonds. The molecule has 2 heteroatoms. The highest BCUT2D eigenvalue weighted by molar-refractivity contribution is 5.49. The highest BCUT2D eigenvalue weighted by Gasteiger charge is 1.92. The second-order valence-corrected chi connectivity index (χ2v) is 3.01. The Labute approximate surface area is 78.5 Å². The van der Waals surface area contributed by atoms with E-state index in [0.717, 1.165) is 11.3 Å². The number of rotatable bonds is 2. The normalized spacial score (nSPS) is 12.7. The van der Waals surface area contributed by atoms with Gasteiger partial charge in [-0.15, -0.1) is 0 Å². The van der Waals surface area contributed by atoms with Gasteiger partial charge in [-0.25, -0.2) is 0 Å². The molecule has 13 heavy (non-hydrogen) atoms. The number of nitriles is 1. The fraction of sp³-hybridized carbons (Fsp3) is 0.273. The Morgan fingerprint density at radius 1 is 1.62 bits per heavy atom. The van der Waals surface area contributed by atoms with Crippen LogP contribution in [0.2, 0.25) is 0 Å². The van der Waals surface area contributed by atoms with Crippen LogP contribution in [-0.2, 0) is 0 Å². The molecule has 0 aromatic carbocycles. The number of hydrogen-bond acceptors (Lipinski definition) is 2. The first-order valence-corrected chi connectivity index (χ1v) is 4.23. The molecule has 0 radical (unpaired) electrons. The lowest BCUT2D eigenvalue weighted by atomic mass is 10.1. The number of aromatic nitrogens is 1. The van der Waals surface area contributed by atoms with E-state index in [1.54, 1.807) is 6.20 Å². The lowest BCUT2D eigenvalue weighted by Crippen LogP contribution is -1.83. The molecular formula is C11H12N2. The lowest BCUT2D eigenvalue weighted by Gasteiger charge is -1.95. The molecule has 0 saturated carbocycles. The van der Waals surface area contributed by atoms with E-state index in [4.69, 9.17) is 5.26 Å². The van der Waals surface area contributed by atoms with Crippen LogP contribution in [0.25, 0.3) is 6.08 Å². The van der Waals surface area contributed by atoms with Crippen LogP contribution in [0.4, 0.5) is 0 Å². The third-order valence-corrected chi connectivity index (χ3v) is 1.70. The standard InChI is InChI=1S/C11H12N2/c1-9(8-12)3-4-11-5-6-13-10(2)7-11/h3-7,9H,1-2H3. The second kappa shape index (κ2) is 4.42. The number of nitrogens with zero attached hydrogens (tertiary/aromatic N) is 2. The minimum absolute atomic E-state index is 0.0338. The third-order valence-electron chi connectivity index (χ3n) is 1.70. The van der Waals surface area contributed by atoms with Crippen molar-refractivity contribution in [3.63, 3.8) is 0 Å². The summed E-state index contributed by atoms with van der Waals surface area (Å²) in [6.45, 7) is 3.82. The summed E-state index contributed by atoms with van der Waals surface area (Å²) < 4.78 is 0. The van der Waals surface area contributed by atoms with Crippen LogP contribution >= 0.6 is 0 Å². The predicted octanol–water partition coefficient (Wildman–Crippen LogP) is 2.56. The van der Waals surface area contributed by atoms with Gasteiger partial charge in [-0.3, -0.25) is 4.98 Å². The van der Waals surface area contributed by atoms with E-state index in [-0.39, 0.29) is 5.92 Å². The summed E-state index contributed by atoms with van der Waals surface area (Å²) in [5.74, 6) is -0.0338. The van der Waals surface area contributed by atoms with Crippen molar-refractivity contribution in [3.8, 4) is 6.07 Å². The molecular weight excluding hydrogens is 160 g/mol. The second-order valence-electron chi connectivity index (χ2n) is 3.01. The fourth-order valence-electron chi connectivity index (χ4n) is 0.970. The van der Waals surface area contributed by atoms with Crippen molar-refractivity contribution < 1.29 is 0 Å². The van der Waals surface area contributed by atoms with E-state index >= 15 is 0 Å². The molecule has 1 atom stereocenters. The van der Waals surface area contributed by atoms with Gasteiger partial charge in [0.15, 0.2) is 0 Å². The molecule has 0 saturated heterocycles. The highest BCUT2D eigenvalue weighted by atomic mass is 14.6. The highest BCUT2D eigenvalue weighted by Crippen LogP contribution is 2.05. The average molecular weight is 172 g/mol. The Bertz CT molecular complexity index is 347. The lowest BCUT2D eigenvalue weighted by molar-refractivity contribution is 0.962. The molecule has 0 spiro atoms. The first-order chi connectivity index (χ1) is 6.22. The summed E-state index contributed by atoms with van der Waals surface area (Å²) in [5, 5.41) is 8.55. The van der Waals surface area contributed by atoms with E-state index in [9.17, 15) is 0 Å². The Morgan fingerprint density at radius 2 is 2.38 bits per heavy atom. The third kappa shape index (κ3) is 3.08. The topological polar surface area (TPSA) is 36.7 Å². The van der Waals surface area contributed by atoms with Gasteiger partial charge in [0.05, 0.1) is 12.0 Å². The quantitative estimate of drug-likeness (QED) is 0.687. The summed E-state index contributed by atoms with van der Waals surface area (Å²) in [4.78, 5) is 4.09. The van der Waals surface area contributed by atoms with E-state index in [1.165, 1.54) is 0 Å². The number of pyridine rings is 1. The van der Waals surface area contributed by atoms with Crippen LogP contribution in [0.5, 0.6) is 0 Å². The molecule has 1 unspecified atom stereocenters. The van der Waals surface area contributed by atoms with E-state index in [0.29, 0.717) is 0 Å². The molecule has 0 fully saturated rings. The SMILES string of the molecule is Cc1cc(C=CC(C)C#N)ccn1. The van der Waals surface area contributed by atoms with Crippen molar-refractivity contribution in [1.82, 2.24) is 4.98 Å². The van der Waals surface area contributed by atoms with Crippen LogP contribution in [0, 0.1) is 24.2 Å². The van der Waals surface area contributed by atoms with Crippen molar-refractivity contribution in [2.24, 2.45) is 5.92 Å². The summed E-state index contributed by atoms with van der Waals surface area (Å²) >= 11 is 0. The molecule has 0 N–H and O–H groups in total. The van der Waals surface area contributed by atoms with Crippen molar-refractivity contribution in [2.45, 2.75) is 13.8 Å². The first kappa shape index (κ1) is 9.47. The zero-order chi connectivity index (χ0) is 9.68. The summed E-state index contributed by atoms with van der Waals surface area (Å²) in [5.41, 5.74) is 2.08. The van der Waals surface area contributed by atoms with E-state index in [2.05, 4.69) is 11.1 Å². The molecule has 1 aromatic heterocycles. The summed E-state index contributed by atoms with van der Waals surface area (Å²) in [7, 11) is 0. The maximum absolute atomic E-state index is 8.55. The Balaban J connectivity index is 2.75. The first-order valence-electron chi connectivity index (χ1n) is 4.23. The van der Waals surface area contributed by atoms with Crippen LogP contribution in [0.3, 0.4) is 0 Å². The van der Waals surface area contributed by atoms with Crippen molar-refractivity contribution >= 4 is 6.08 Å². The minimum atomic E-state index is -0.0338. The molecule has 1 aromatic rings. The molecule has 1 heterocycles. The van der Waals surface area contributed by atoms with Crippen LogP contribution in [0.15, 0.2) is 24.4 Å². The van der Waals surface area contributed by atoms with Gasteiger partial charge in [-0.1, -0.05) is 12.2 Å². The maximum atomic E-state index is 8.55. The smallest absolute Gasteiger partial charge is 0.0694 e. The van der Waals surface area contributed by atoms with Gasteiger partial charge in [0.1, 0.15) is 0 Å². The van der Waals surface area contributed by atoms with Gasteiger partial charge >= 0.3 is 0 Å². The largest absolute Gasteiger partial charge is 0.262 e. The maximum Gasteiger partial charge on any atom is 0.0694 e. The Hall–Kier alpha value is -1.62. The molecule has 66 valence electrons. The molecule has 1 rings (SSSR count). The van der Waals surface area contributed by atoms with Gasteiger partial charge < -0.3 is 0 Å². The van der Waals surface area contributed by atoms with Crippen LogP contribution in [-0.4, -0.2) is 4.98 Å². The van der Waals surface area contributed by atoms with E-state index < -0.39 is 0 Å². The molecule has 2 nitrogen and oxygen atoms in total. The summed E-state index contributed by atoms with van der Waals surface area (Å²) in [6.07, 6.45) is 5.60.